The largest absolute Gasteiger partial charge is 4.00 e. The molecule has 0 saturated heterocycles. The van der Waals surface area contributed by atoms with Crippen molar-refractivity contribution in [1.29, 1.82) is 0 Å². The quantitative estimate of drug-likeness (QED) is 0.297. The number of aryl methyl sites for hydroxylation is 2. The van der Waals surface area contributed by atoms with E-state index in [2.05, 4.69) is 50.5 Å². The Kier molecular flexibility index (Phi) is 9.10. The molecule has 0 nitrogen and oxygen atoms in total. The third-order valence-electron chi connectivity index (χ3n) is 7.48. The van der Waals surface area contributed by atoms with E-state index in [9.17, 15) is 0 Å². The molecule has 0 saturated carbocycles. The third-order valence-corrected chi connectivity index (χ3v) is 25.2. The fraction of sp³-hybridized carbons (Fsp3) is 0.545. The van der Waals surface area contributed by atoms with E-state index in [-0.39, 0.29) is 50.7 Å². The Hall–Kier alpha value is 0.584. The average molecular weight is 602 g/mol. The van der Waals surface area contributed by atoms with Gasteiger partial charge < -0.3 is 24.8 Å². The molecule has 0 bridgehead atoms. The molecular weight excluding hydrogens is 570 g/mol. The van der Waals surface area contributed by atoms with Crippen LogP contribution in [0.2, 0.25) is 26.2 Å². The fourth-order valence-electron chi connectivity index (χ4n) is 5.25. The monoisotopic (exact) mass is 602 g/mol. The van der Waals surface area contributed by atoms with E-state index < -0.39 is 15.2 Å². The first-order valence-corrected chi connectivity index (χ1v) is 17.0. The van der Waals surface area contributed by atoms with Gasteiger partial charge in [0.1, 0.15) is 0 Å². The van der Waals surface area contributed by atoms with E-state index in [1.165, 1.54) is 51.4 Å². The first-order valence-electron chi connectivity index (χ1n) is 9.99. The summed E-state index contributed by atoms with van der Waals surface area (Å²) in [6, 6.07) is 10.0. The maximum atomic E-state index is 2.69. The third kappa shape index (κ3) is 4.24. The van der Waals surface area contributed by atoms with Crippen molar-refractivity contribution in [2.24, 2.45) is 0 Å². The van der Waals surface area contributed by atoms with Crippen molar-refractivity contribution < 1.29 is 50.7 Å². The smallest absolute Gasteiger partial charge is 1.00 e. The summed E-state index contributed by atoms with van der Waals surface area (Å²) in [5.74, 6) is 0. The van der Waals surface area contributed by atoms with Crippen molar-refractivity contribution in [2.45, 2.75) is 77.6 Å². The van der Waals surface area contributed by atoms with Gasteiger partial charge in [-0.15, -0.1) is 0 Å². The Morgan fingerprint density at radius 3 is 1.33 bits per heavy atom. The summed E-state index contributed by atoms with van der Waals surface area (Å²) in [7, 11) is -2.92. The van der Waals surface area contributed by atoms with Crippen molar-refractivity contribution in [3.05, 3.63) is 46.5 Å². The topological polar surface area (TPSA) is 0 Å². The zero-order chi connectivity index (χ0) is 16.9. The Labute approximate surface area is 199 Å². The molecule has 2 aliphatic carbocycles. The van der Waals surface area contributed by atoms with E-state index in [4.69, 9.17) is 0 Å². The second-order valence-electron chi connectivity index (χ2n) is 9.17. The van der Waals surface area contributed by atoms with Gasteiger partial charge in [-0.05, 0) is 15.2 Å². The molecule has 2 aliphatic rings. The second-order valence-corrected chi connectivity index (χ2v) is 24.2. The molecule has 0 aromatic heterocycles. The first kappa shape index (κ1) is 25.6. The molecule has 5 heteroatoms. The van der Waals surface area contributed by atoms with Gasteiger partial charge in [-0.2, -0.15) is 46.5 Å². The SMILES string of the molecule is C[Si](C)(c1c[cH-]c2c1CCCC2)[Si](C)(C)c1c[cH-]c2c1CCCC2.[Cl-].[Cl-].[Hf+4]. The van der Waals surface area contributed by atoms with Crippen LogP contribution in [-0.4, -0.2) is 15.2 Å². The number of rotatable bonds is 3. The summed E-state index contributed by atoms with van der Waals surface area (Å²) in [5.41, 5.74) is 6.93. The van der Waals surface area contributed by atoms with Crippen LogP contribution < -0.4 is 35.2 Å². The molecule has 2 aromatic carbocycles. The van der Waals surface area contributed by atoms with Crippen molar-refractivity contribution in [3.63, 3.8) is 0 Å². The van der Waals surface area contributed by atoms with E-state index in [0.717, 1.165) is 0 Å². The van der Waals surface area contributed by atoms with Crippen LogP contribution in [0.15, 0.2) is 24.3 Å². The van der Waals surface area contributed by atoms with Crippen LogP contribution in [0.4, 0.5) is 0 Å². The zero-order valence-corrected chi connectivity index (χ0v) is 24.3. The van der Waals surface area contributed by atoms with E-state index in [1.54, 1.807) is 22.3 Å². The van der Waals surface area contributed by atoms with Crippen molar-refractivity contribution >= 4 is 25.6 Å². The predicted octanol–water partition coefficient (Wildman–Crippen LogP) is -1.50. The Balaban J connectivity index is 0.00000121. The zero-order valence-electron chi connectivity index (χ0n) is 17.2. The maximum Gasteiger partial charge on any atom is 4.00 e. The number of hydrogen-bond acceptors (Lipinski definition) is 0. The van der Waals surface area contributed by atoms with Crippen LogP contribution in [-0.2, 0) is 51.5 Å². The maximum absolute atomic E-state index is 2.69. The minimum absolute atomic E-state index is 0. The van der Waals surface area contributed by atoms with E-state index >= 15 is 0 Å². The van der Waals surface area contributed by atoms with Gasteiger partial charge in [0.25, 0.3) is 0 Å². The molecule has 0 spiro atoms. The normalized spacial score (nSPS) is 16.3. The molecule has 2 aromatic rings. The van der Waals surface area contributed by atoms with E-state index in [1.807, 2.05) is 10.4 Å². The summed E-state index contributed by atoms with van der Waals surface area (Å²) in [5, 5.41) is 3.64. The summed E-state index contributed by atoms with van der Waals surface area (Å²) < 4.78 is 0. The van der Waals surface area contributed by atoms with Gasteiger partial charge >= 0.3 is 25.8 Å². The molecule has 0 amide bonds. The van der Waals surface area contributed by atoms with Gasteiger partial charge in [0.05, 0.1) is 0 Å². The number of halogens is 2. The minimum Gasteiger partial charge on any atom is -1.00 e. The Morgan fingerprint density at radius 2 is 0.963 bits per heavy atom. The van der Waals surface area contributed by atoms with Gasteiger partial charge in [0.15, 0.2) is 0 Å². The molecule has 146 valence electrons. The van der Waals surface area contributed by atoms with Crippen LogP contribution in [0.1, 0.15) is 47.9 Å². The average Bonchev–Trinajstić information content (AvgIpc) is 3.19. The minimum atomic E-state index is -1.46. The van der Waals surface area contributed by atoms with Gasteiger partial charge in [-0.3, -0.25) is 0 Å². The summed E-state index contributed by atoms with van der Waals surface area (Å²) in [6.45, 7) is 10.7. The molecule has 0 heterocycles. The standard InChI is InChI=1S/C22H32Si2.2ClH.Hf/c1-23(2,21-15-13-17-9-5-7-11-19(17)21)24(3,4)22-16-14-18-10-6-8-12-20(18)22;;;/h13-16H,5-12H2,1-4H3;2*1H;/q-2;;;+4/p-2. The van der Waals surface area contributed by atoms with Crippen LogP contribution in [0.25, 0.3) is 0 Å². The second kappa shape index (κ2) is 9.60. The van der Waals surface area contributed by atoms with Crippen molar-refractivity contribution in [3.8, 4) is 0 Å². The molecular formula is C22H32Cl2HfSi2. The fourth-order valence-corrected chi connectivity index (χ4v) is 15.1. The van der Waals surface area contributed by atoms with Crippen molar-refractivity contribution in [1.82, 2.24) is 0 Å². The van der Waals surface area contributed by atoms with Gasteiger partial charge in [0.2, 0.25) is 0 Å². The van der Waals surface area contributed by atoms with Crippen LogP contribution in [0, 0.1) is 0 Å². The summed E-state index contributed by atoms with van der Waals surface area (Å²) in [4.78, 5) is 0. The Bertz CT molecular complexity index is 694. The first-order chi connectivity index (χ1) is 11.4. The van der Waals surface area contributed by atoms with Crippen molar-refractivity contribution in [2.75, 3.05) is 0 Å². The molecule has 27 heavy (non-hydrogen) atoms. The van der Waals surface area contributed by atoms with Gasteiger partial charge in [-0.1, -0.05) is 77.6 Å². The molecule has 0 fully saturated rings. The van der Waals surface area contributed by atoms with Gasteiger partial charge in [0, 0.05) is 0 Å². The molecule has 0 N–H and O–H groups in total. The summed E-state index contributed by atoms with van der Waals surface area (Å²) in [6.07, 6.45) is 11.0. The molecule has 0 aliphatic heterocycles. The predicted molar refractivity (Wildman–Crippen MR) is 112 cm³/mol. The number of hydrogen-bond donors (Lipinski definition) is 0. The van der Waals surface area contributed by atoms with Crippen LogP contribution in [0.5, 0.6) is 0 Å². The van der Waals surface area contributed by atoms with E-state index in [0.29, 0.717) is 0 Å². The Morgan fingerprint density at radius 1 is 0.630 bits per heavy atom. The molecule has 0 unspecified atom stereocenters. The molecule has 4 rings (SSSR count). The molecule has 0 atom stereocenters. The van der Waals surface area contributed by atoms with Crippen LogP contribution >= 0.6 is 0 Å². The van der Waals surface area contributed by atoms with Gasteiger partial charge in [-0.25, -0.2) is 10.4 Å². The summed E-state index contributed by atoms with van der Waals surface area (Å²) >= 11 is 0. The molecule has 0 radical (unpaired) electrons. The van der Waals surface area contributed by atoms with Crippen LogP contribution in [0.3, 0.4) is 0 Å². The number of fused-ring (bicyclic) bond motifs is 2.